The molecule has 0 radical (unpaired) electrons. The smallest absolute Gasteiger partial charge is 0.343 e. The minimum absolute atomic E-state index is 0.0119. The minimum Gasteiger partial charge on any atom is -0.467 e. The third kappa shape index (κ3) is 8.65. The maximum atomic E-state index is 12.8. The van der Waals surface area contributed by atoms with Crippen LogP contribution < -0.4 is 26.8 Å². The van der Waals surface area contributed by atoms with Gasteiger partial charge in [0, 0.05) is 0 Å². The Labute approximate surface area is 374 Å². The number of nitrogens with one attached hydrogen (secondary N) is 2. The number of ether oxygens (including phenoxy) is 3. The second kappa shape index (κ2) is 18.7. The van der Waals surface area contributed by atoms with Crippen molar-refractivity contribution < 1.29 is 23.8 Å². The highest BCUT2D eigenvalue weighted by Crippen LogP contribution is 2.40. The fraction of sp³-hybridized carbons (Fsp3) is 0.216. The van der Waals surface area contributed by atoms with Crippen molar-refractivity contribution in [1.29, 1.82) is 0 Å². The number of nitrogens with two attached hydrogens (primary N) is 2. The number of esters is 2. The zero-order valence-corrected chi connectivity index (χ0v) is 37.2. The summed E-state index contributed by atoms with van der Waals surface area (Å²) in [6.07, 6.45) is 4.35. The summed E-state index contributed by atoms with van der Waals surface area (Å²) in [7, 11) is 3.97. The van der Waals surface area contributed by atoms with Gasteiger partial charge in [0.25, 0.3) is 11.9 Å². The first-order chi connectivity index (χ1) is 29.6. The van der Waals surface area contributed by atoms with Gasteiger partial charge in [-0.25, -0.2) is 19.0 Å². The summed E-state index contributed by atoms with van der Waals surface area (Å²) in [5.74, 6) is -0.549. The summed E-state index contributed by atoms with van der Waals surface area (Å²) in [6.45, 7) is 2.14. The number of alkyl halides is 1. The van der Waals surface area contributed by atoms with Crippen molar-refractivity contribution in [3.63, 3.8) is 0 Å². The van der Waals surface area contributed by atoms with Crippen molar-refractivity contribution in [3.8, 4) is 29.3 Å². The van der Waals surface area contributed by atoms with Crippen LogP contribution >= 0.6 is 45.2 Å². The van der Waals surface area contributed by atoms with E-state index in [-0.39, 0.29) is 62.8 Å². The average molecular weight is 1050 g/mol. The van der Waals surface area contributed by atoms with E-state index in [9.17, 15) is 9.59 Å². The topological polar surface area (TPSA) is 273 Å². The predicted molar refractivity (Wildman–Crippen MR) is 240 cm³/mol. The van der Waals surface area contributed by atoms with Gasteiger partial charge in [-0.15, -0.1) is 10.2 Å². The molecule has 0 bridgehead atoms. The molecule has 0 saturated heterocycles. The first-order valence-electron chi connectivity index (χ1n) is 18.3. The summed E-state index contributed by atoms with van der Waals surface area (Å²) in [6, 6.07) is 18.4. The molecule has 0 spiro atoms. The number of benzene rings is 2. The predicted octanol–water partition coefficient (Wildman–Crippen LogP) is 6.14. The molecule has 0 aliphatic rings. The quantitative estimate of drug-likeness (QED) is 0.0278. The number of azo groups is 1. The van der Waals surface area contributed by atoms with Crippen LogP contribution in [0.3, 0.4) is 0 Å². The maximum Gasteiger partial charge on any atom is 0.343 e. The van der Waals surface area contributed by atoms with Crippen LogP contribution in [0.2, 0.25) is 0 Å². The standard InChI is InChI=1S/C37H37I2N17O5/c1-5-12-24(38)25-26(49-50-32-23(34(58)60-3)18-45-54(32)21-15-10-7-11-16-21)29(40)55(51-25)35-46-36(48-37(47-35)61-4)56-30(41)27(28(39)52-56)42-19-43-31-22(33(57)59-2)17-44-53(31)20-13-8-6-9-14-20/h6-11,13-18,24,42-43H,5,12,19,40-41H2,1-4H3. The Kier molecular flexibility index (Phi) is 13.0. The summed E-state index contributed by atoms with van der Waals surface area (Å²) in [5, 5.41) is 33.7. The Hall–Kier alpha value is -6.71. The number of methoxy groups -OCH3 is 3. The molecule has 7 aromatic rings. The molecule has 7 rings (SSSR count). The molecule has 1 atom stereocenters. The van der Waals surface area contributed by atoms with Crippen LogP contribution in [0.25, 0.3) is 23.3 Å². The fourth-order valence-corrected chi connectivity index (χ4v) is 7.66. The van der Waals surface area contributed by atoms with Gasteiger partial charge in [0.05, 0.1) is 55.7 Å². The minimum atomic E-state index is -0.645. The second-order valence-electron chi connectivity index (χ2n) is 12.7. The number of nitrogen functional groups attached to an aromatic ring is 2. The zero-order chi connectivity index (χ0) is 43.2. The van der Waals surface area contributed by atoms with Crippen molar-refractivity contribution in [1.82, 2.24) is 54.1 Å². The van der Waals surface area contributed by atoms with Crippen molar-refractivity contribution in [2.45, 2.75) is 23.7 Å². The van der Waals surface area contributed by atoms with Gasteiger partial charge in [-0.2, -0.15) is 44.7 Å². The molecule has 0 aliphatic heterocycles. The van der Waals surface area contributed by atoms with Crippen LogP contribution in [0.1, 0.15) is 50.1 Å². The lowest BCUT2D eigenvalue weighted by Crippen LogP contribution is -2.18. The van der Waals surface area contributed by atoms with Crippen LogP contribution in [-0.4, -0.2) is 94.0 Å². The molecular formula is C37H37I2N17O5. The third-order valence-corrected chi connectivity index (χ3v) is 10.8. The number of para-hydroxylation sites is 2. The fourth-order valence-electron chi connectivity index (χ4n) is 5.94. The highest BCUT2D eigenvalue weighted by Gasteiger charge is 2.27. The summed E-state index contributed by atoms with van der Waals surface area (Å²) < 4.78 is 21.4. The molecule has 2 aromatic carbocycles. The Morgan fingerprint density at radius 2 is 1.36 bits per heavy atom. The molecule has 61 heavy (non-hydrogen) atoms. The van der Waals surface area contributed by atoms with Crippen LogP contribution in [0.5, 0.6) is 6.01 Å². The van der Waals surface area contributed by atoms with E-state index in [4.69, 9.17) is 30.8 Å². The normalized spacial score (nSPS) is 11.8. The van der Waals surface area contributed by atoms with Crippen LogP contribution in [0.15, 0.2) is 83.3 Å². The number of hydrogen-bond acceptors (Lipinski definition) is 18. The number of anilines is 4. The number of aromatic nitrogens is 11. The zero-order valence-electron chi connectivity index (χ0n) is 32.9. The van der Waals surface area contributed by atoms with Gasteiger partial charge in [-0.3, -0.25) is 0 Å². The number of halogens is 2. The number of carbonyl (C=O) groups is 2. The van der Waals surface area contributed by atoms with E-state index >= 15 is 0 Å². The molecular weight excluding hydrogens is 1020 g/mol. The van der Waals surface area contributed by atoms with Gasteiger partial charge in [-0.1, -0.05) is 72.3 Å². The Morgan fingerprint density at radius 1 is 0.770 bits per heavy atom. The Balaban J connectivity index is 1.23. The number of nitrogens with zero attached hydrogens (tertiary/aromatic N) is 13. The van der Waals surface area contributed by atoms with E-state index in [1.54, 1.807) is 4.68 Å². The van der Waals surface area contributed by atoms with Gasteiger partial charge in [-0.05, 0) is 53.3 Å². The van der Waals surface area contributed by atoms with E-state index in [0.29, 0.717) is 26.6 Å². The lowest BCUT2D eigenvalue weighted by molar-refractivity contribution is 0.0592. The van der Waals surface area contributed by atoms with E-state index in [2.05, 4.69) is 73.7 Å². The van der Waals surface area contributed by atoms with Crippen LogP contribution in [0, 0.1) is 3.70 Å². The molecule has 0 amide bonds. The van der Waals surface area contributed by atoms with E-state index < -0.39 is 11.9 Å². The molecule has 0 fully saturated rings. The molecule has 22 nitrogen and oxygen atoms in total. The monoisotopic (exact) mass is 1050 g/mol. The number of hydrogen-bond donors (Lipinski definition) is 4. The van der Waals surface area contributed by atoms with Crippen LogP contribution in [0.4, 0.5) is 34.6 Å². The first kappa shape index (κ1) is 42.4. The first-order valence-corrected chi connectivity index (χ1v) is 20.6. The SMILES string of the molecule is CCCC(I)c1nn(-c2nc(OC)nc(-n3nc(I)c(NCNc4c(C(=O)OC)cnn4-c4ccccc4)c3N)n2)c(N)c1N=Nc1c(C(=O)OC)cnn1-c1ccccc1. The summed E-state index contributed by atoms with van der Waals surface area (Å²) in [5.41, 5.74) is 16.3. The lowest BCUT2D eigenvalue weighted by Gasteiger charge is -2.13. The van der Waals surface area contributed by atoms with Crippen molar-refractivity contribution in [2.75, 3.05) is 50.1 Å². The maximum absolute atomic E-state index is 12.8. The van der Waals surface area contributed by atoms with Gasteiger partial charge in [0.15, 0.2) is 23.1 Å². The Morgan fingerprint density at radius 3 is 1.98 bits per heavy atom. The third-order valence-electron chi connectivity index (χ3n) is 8.88. The molecule has 0 aliphatic carbocycles. The largest absolute Gasteiger partial charge is 0.467 e. The van der Waals surface area contributed by atoms with Gasteiger partial charge >= 0.3 is 17.9 Å². The van der Waals surface area contributed by atoms with Gasteiger partial charge in [0.1, 0.15) is 32.0 Å². The molecule has 0 saturated carbocycles. The Bertz CT molecular complexity index is 2710. The number of rotatable bonds is 16. The second-order valence-corrected chi connectivity index (χ2v) is 15.2. The van der Waals surface area contributed by atoms with Crippen LogP contribution in [-0.2, 0) is 9.47 Å². The highest BCUT2D eigenvalue weighted by atomic mass is 127. The molecule has 6 N–H and O–H groups in total. The summed E-state index contributed by atoms with van der Waals surface area (Å²) in [4.78, 5) is 38.9. The van der Waals surface area contributed by atoms with Crippen molar-refractivity contribution >= 4 is 91.8 Å². The van der Waals surface area contributed by atoms with Gasteiger partial charge < -0.3 is 36.3 Å². The van der Waals surface area contributed by atoms with E-state index in [1.165, 1.54) is 47.8 Å². The molecule has 24 heteroatoms. The van der Waals surface area contributed by atoms with Gasteiger partial charge in [0.2, 0.25) is 0 Å². The molecule has 5 heterocycles. The molecule has 1 unspecified atom stereocenters. The highest BCUT2D eigenvalue weighted by molar-refractivity contribution is 14.1. The summed E-state index contributed by atoms with van der Waals surface area (Å²) >= 11 is 4.29. The lowest BCUT2D eigenvalue weighted by atomic mass is 10.2. The average Bonchev–Trinajstić information content (AvgIpc) is 4.06. The van der Waals surface area contributed by atoms with E-state index in [0.717, 1.165) is 18.5 Å². The number of carbonyl (C=O) groups excluding carboxylic acids is 2. The van der Waals surface area contributed by atoms with E-state index in [1.807, 2.05) is 90.2 Å². The van der Waals surface area contributed by atoms with Crippen molar-refractivity contribution in [2.24, 2.45) is 10.2 Å². The molecule has 314 valence electrons. The van der Waals surface area contributed by atoms with Crippen molar-refractivity contribution in [3.05, 3.63) is 93.6 Å². The molecule has 5 aromatic heterocycles.